The second kappa shape index (κ2) is 11.5. The summed E-state index contributed by atoms with van der Waals surface area (Å²) in [6, 6.07) is 18.4. The SMILES string of the molecule is O=C(c1ccccc1Cl)N1CCN(c2ccc(-c3c4cccc(C(F)(F)F)c4nn3Cc3c(F)cc(F)cc3F)cc2)CC1. The topological polar surface area (TPSA) is 41.4 Å². The number of aromatic nitrogens is 2. The summed E-state index contributed by atoms with van der Waals surface area (Å²) in [4.78, 5) is 16.7. The minimum absolute atomic E-state index is 0.141. The smallest absolute Gasteiger partial charge is 0.368 e. The summed E-state index contributed by atoms with van der Waals surface area (Å²) in [5, 5.41) is 4.66. The van der Waals surface area contributed by atoms with E-state index in [0.717, 1.165) is 16.4 Å². The molecule has 6 rings (SSSR count). The molecule has 4 aromatic carbocycles. The van der Waals surface area contributed by atoms with E-state index in [1.807, 2.05) is 0 Å². The zero-order chi connectivity index (χ0) is 31.2. The Bertz CT molecular complexity index is 1840. The highest BCUT2D eigenvalue weighted by Gasteiger charge is 2.35. The summed E-state index contributed by atoms with van der Waals surface area (Å²) in [5.41, 5.74) is 0.0412. The number of alkyl halides is 3. The van der Waals surface area contributed by atoms with Gasteiger partial charge in [0.05, 0.1) is 28.4 Å². The molecule has 1 saturated heterocycles. The van der Waals surface area contributed by atoms with Crippen LogP contribution in [0, 0.1) is 17.5 Å². The Kier molecular flexibility index (Phi) is 7.75. The maximum absolute atomic E-state index is 14.6. The van der Waals surface area contributed by atoms with Gasteiger partial charge in [-0.05, 0) is 30.3 Å². The normalized spacial score (nSPS) is 14.0. The first kappa shape index (κ1) is 29.6. The fourth-order valence-electron chi connectivity index (χ4n) is 5.48. The van der Waals surface area contributed by atoms with Gasteiger partial charge >= 0.3 is 6.18 Å². The summed E-state index contributed by atoms with van der Waals surface area (Å²) in [5.74, 6) is -3.62. The molecule has 0 spiro atoms. The van der Waals surface area contributed by atoms with E-state index >= 15 is 0 Å². The van der Waals surface area contributed by atoms with E-state index in [1.165, 1.54) is 12.1 Å². The summed E-state index contributed by atoms with van der Waals surface area (Å²) in [6.07, 6.45) is -4.72. The lowest BCUT2D eigenvalue weighted by atomic mass is 10.0. The van der Waals surface area contributed by atoms with E-state index in [2.05, 4.69) is 10.00 Å². The predicted molar refractivity (Wildman–Crippen MR) is 155 cm³/mol. The second-order valence-corrected chi connectivity index (χ2v) is 10.8. The lowest BCUT2D eigenvalue weighted by Gasteiger charge is -2.36. The molecule has 1 aliphatic rings. The van der Waals surface area contributed by atoms with Crippen LogP contribution >= 0.6 is 11.6 Å². The average molecular weight is 629 g/mol. The van der Waals surface area contributed by atoms with Crippen LogP contribution in [-0.4, -0.2) is 46.8 Å². The highest BCUT2D eigenvalue weighted by Crippen LogP contribution is 2.39. The number of amides is 1. The van der Waals surface area contributed by atoms with Gasteiger partial charge in [0.2, 0.25) is 0 Å². The van der Waals surface area contributed by atoms with Crippen LogP contribution in [0.5, 0.6) is 0 Å². The zero-order valence-electron chi connectivity index (χ0n) is 22.9. The van der Waals surface area contributed by atoms with Crippen molar-refractivity contribution in [3.63, 3.8) is 0 Å². The number of halogens is 7. The van der Waals surface area contributed by atoms with Crippen LogP contribution < -0.4 is 4.90 Å². The predicted octanol–water partition coefficient (Wildman–Crippen LogP) is 7.80. The third-order valence-electron chi connectivity index (χ3n) is 7.67. The van der Waals surface area contributed by atoms with E-state index in [4.69, 9.17) is 11.6 Å². The fraction of sp³-hybridized carbons (Fsp3) is 0.188. The molecular weight excluding hydrogens is 606 g/mol. The molecule has 0 radical (unpaired) electrons. The van der Waals surface area contributed by atoms with Gasteiger partial charge in [0.1, 0.15) is 23.0 Å². The van der Waals surface area contributed by atoms with Crippen LogP contribution in [0.15, 0.2) is 78.9 Å². The number of hydrogen-bond donors (Lipinski definition) is 0. The van der Waals surface area contributed by atoms with Crippen LogP contribution in [0.25, 0.3) is 22.2 Å². The summed E-state index contributed by atoms with van der Waals surface area (Å²) in [6.45, 7) is 1.42. The Labute approximate surface area is 252 Å². The van der Waals surface area contributed by atoms with E-state index < -0.39 is 41.3 Å². The molecule has 1 fully saturated rings. The Morgan fingerprint density at radius 1 is 0.841 bits per heavy atom. The van der Waals surface area contributed by atoms with Gasteiger partial charge in [-0.15, -0.1) is 0 Å². The first-order chi connectivity index (χ1) is 21.0. The highest BCUT2D eigenvalue weighted by molar-refractivity contribution is 6.33. The largest absolute Gasteiger partial charge is 0.418 e. The molecule has 44 heavy (non-hydrogen) atoms. The van der Waals surface area contributed by atoms with Gasteiger partial charge in [-0.25, -0.2) is 13.2 Å². The molecule has 0 unspecified atom stereocenters. The first-order valence-electron chi connectivity index (χ1n) is 13.6. The van der Waals surface area contributed by atoms with Gasteiger partial charge in [0, 0.05) is 60.5 Å². The molecule has 5 nitrogen and oxygen atoms in total. The third kappa shape index (κ3) is 5.59. The molecule has 12 heteroatoms. The van der Waals surface area contributed by atoms with Crippen LogP contribution in [0.3, 0.4) is 0 Å². The van der Waals surface area contributed by atoms with Crippen molar-refractivity contribution < 1.29 is 31.1 Å². The van der Waals surface area contributed by atoms with Crippen LogP contribution in [0.4, 0.5) is 32.0 Å². The maximum atomic E-state index is 14.6. The van der Waals surface area contributed by atoms with Crippen molar-refractivity contribution in [2.24, 2.45) is 0 Å². The minimum atomic E-state index is -4.72. The first-order valence-corrected chi connectivity index (χ1v) is 14.0. The minimum Gasteiger partial charge on any atom is -0.368 e. The molecule has 1 amide bonds. The number of anilines is 1. The molecular formula is C32H23ClF6N4O. The molecule has 0 saturated carbocycles. The highest BCUT2D eigenvalue weighted by atomic mass is 35.5. The number of piperazine rings is 1. The van der Waals surface area contributed by atoms with Gasteiger partial charge in [-0.2, -0.15) is 18.3 Å². The number of hydrogen-bond acceptors (Lipinski definition) is 3. The Morgan fingerprint density at radius 3 is 2.14 bits per heavy atom. The monoisotopic (exact) mass is 628 g/mol. The van der Waals surface area contributed by atoms with Crippen molar-refractivity contribution in [3.8, 4) is 11.3 Å². The molecule has 1 aliphatic heterocycles. The van der Waals surface area contributed by atoms with Crippen molar-refractivity contribution >= 4 is 34.1 Å². The van der Waals surface area contributed by atoms with E-state index in [0.29, 0.717) is 54.5 Å². The van der Waals surface area contributed by atoms with Gasteiger partial charge in [0.25, 0.3) is 5.91 Å². The molecule has 0 aliphatic carbocycles. The number of benzene rings is 4. The van der Waals surface area contributed by atoms with Crippen molar-refractivity contribution in [2.45, 2.75) is 12.7 Å². The third-order valence-corrected chi connectivity index (χ3v) is 8.00. The quantitative estimate of drug-likeness (QED) is 0.187. The summed E-state index contributed by atoms with van der Waals surface area (Å²) in [7, 11) is 0. The Hall–Kier alpha value is -4.51. The van der Waals surface area contributed by atoms with Crippen molar-refractivity contribution in [1.29, 1.82) is 0 Å². The standard InChI is InChI=1S/C32H23ClF6N4O/c33-26-7-2-1-4-22(26)31(44)42-14-12-41(13-15-42)21-10-8-19(9-11-21)30-23-5-3-6-25(32(37,38)39)29(23)40-43(30)18-24-27(35)16-20(34)17-28(24)36/h1-11,16-17H,12-15,18H2. The maximum Gasteiger partial charge on any atom is 0.418 e. The molecule has 5 aromatic rings. The van der Waals surface area contributed by atoms with Gasteiger partial charge in [0.15, 0.2) is 0 Å². The Balaban J connectivity index is 1.31. The molecule has 226 valence electrons. The lowest BCUT2D eigenvalue weighted by Crippen LogP contribution is -2.48. The lowest BCUT2D eigenvalue weighted by molar-refractivity contribution is -0.136. The fourth-order valence-corrected chi connectivity index (χ4v) is 5.69. The van der Waals surface area contributed by atoms with Gasteiger partial charge < -0.3 is 9.80 Å². The summed E-state index contributed by atoms with van der Waals surface area (Å²) < 4.78 is 85.4. The number of fused-ring (bicyclic) bond motifs is 1. The molecule has 1 aromatic heterocycles. The zero-order valence-corrected chi connectivity index (χ0v) is 23.6. The van der Waals surface area contributed by atoms with Crippen LogP contribution in [0.1, 0.15) is 21.5 Å². The molecule has 0 atom stereocenters. The Morgan fingerprint density at radius 2 is 1.50 bits per heavy atom. The number of rotatable bonds is 5. The number of carbonyl (C=O) groups excluding carboxylic acids is 1. The van der Waals surface area contributed by atoms with Crippen LogP contribution in [-0.2, 0) is 12.7 Å². The van der Waals surface area contributed by atoms with E-state index in [1.54, 1.807) is 53.4 Å². The van der Waals surface area contributed by atoms with Crippen molar-refractivity contribution in [3.05, 3.63) is 118 Å². The molecule has 2 heterocycles. The van der Waals surface area contributed by atoms with Crippen molar-refractivity contribution in [2.75, 3.05) is 31.1 Å². The number of nitrogens with zero attached hydrogens (tertiary/aromatic N) is 4. The van der Waals surface area contributed by atoms with Gasteiger partial charge in [-0.1, -0.05) is 48.0 Å². The summed E-state index contributed by atoms with van der Waals surface area (Å²) >= 11 is 6.19. The average Bonchev–Trinajstić information content (AvgIpc) is 3.36. The van der Waals surface area contributed by atoms with Crippen LogP contribution in [0.2, 0.25) is 5.02 Å². The van der Waals surface area contributed by atoms with E-state index in [9.17, 15) is 31.1 Å². The molecule has 0 bridgehead atoms. The van der Waals surface area contributed by atoms with Crippen molar-refractivity contribution in [1.82, 2.24) is 14.7 Å². The van der Waals surface area contributed by atoms with E-state index in [-0.39, 0.29) is 22.5 Å². The van der Waals surface area contributed by atoms with Gasteiger partial charge in [-0.3, -0.25) is 9.48 Å². The second-order valence-electron chi connectivity index (χ2n) is 10.4. The molecule has 0 N–H and O–H groups in total. The number of carbonyl (C=O) groups is 1.